The van der Waals surface area contributed by atoms with Crippen molar-refractivity contribution in [1.82, 2.24) is 10.2 Å². The van der Waals surface area contributed by atoms with Gasteiger partial charge in [-0.25, -0.2) is 9.59 Å². The van der Waals surface area contributed by atoms with Crippen LogP contribution in [0.1, 0.15) is 40.0 Å². The lowest BCUT2D eigenvalue weighted by molar-refractivity contribution is -0.139. The molecule has 5 heteroatoms. The minimum Gasteiger partial charge on any atom is -0.480 e. The van der Waals surface area contributed by atoms with Gasteiger partial charge in [0.15, 0.2) is 0 Å². The largest absolute Gasteiger partial charge is 0.480 e. The highest BCUT2D eigenvalue weighted by molar-refractivity contribution is 5.82. The molecule has 2 amide bonds. The van der Waals surface area contributed by atoms with Crippen molar-refractivity contribution in [3.63, 3.8) is 0 Å². The summed E-state index contributed by atoms with van der Waals surface area (Å²) >= 11 is 0. The molecule has 0 aliphatic rings. The zero-order chi connectivity index (χ0) is 13.4. The van der Waals surface area contributed by atoms with Crippen molar-refractivity contribution in [1.29, 1.82) is 0 Å². The smallest absolute Gasteiger partial charge is 0.326 e. The van der Waals surface area contributed by atoms with Crippen molar-refractivity contribution in [3.05, 3.63) is 0 Å². The SMILES string of the molecule is CCCCN(C)C(=O)N[C@H](CC(C)C)C(=O)O. The van der Waals surface area contributed by atoms with Gasteiger partial charge in [-0.2, -0.15) is 0 Å². The molecule has 0 spiro atoms. The maximum atomic E-state index is 11.7. The molecule has 0 fully saturated rings. The summed E-state index contributed by atoms with van der Waals surface area (Å²) in [5.41, 5.74) is 0. The first-order valence-electron chi connectivity index (χ1n) is 6.12. The molecule has 5 nitrogen and oxygen atoms in total. The van der Waals surface area contributed by atoms with Gasteiger partial charge in [-0.3, -0.25) is 0 Å². The molecule has 0 rings (SSSR count). The van der Waals surface area contributed by atoms with E-state index in [0.29, 0.717) is 13.0 Å². The molecule has 0 aromatic heterocycles. The van der Waals surface area contributed by atoms with E-state index < -0.39 is 12.0 Å². The predicted octanol–water partition coefficient (Wildman–Crippen LogP) is 1.93. The van der Waals surface area contributed by atoms with Gasteiger partial charge in [0, 0.05) is 13.6 Å². The molecule has 0 saturated carbocycles. The van der Waals surface area contributed by atoms with Crippen molar-refractivity contribution in [2.45, 2.75) is 46.1 Å². The molecular weight excluding hydrogens is 220 g/mol. The molecule has 0 aromatic rings. The van der Waals surface area contributed by atoms with Gasteiger partial charge < -0.3 is 15.3 Å². The van der Waals surface area contributed by atoms with Gasteiger partial charge in [0.25, 0.3) is 0 Å². The third-order valence-electron chi connectivity index (χ3n) is 2.50. The Morgan fingerprint density at radius 3 is 2.35 bits per heavy atom. The number of carboxylic acids is 1. The summed E-state index contributed by atoms with van der Waals surface area (Å²) in [5.74, 6) is -0.742. The second kappa shape index (κ2) is 7.92. The Morgan fingerprint density at radius 1 is 1.35 bits per heavy atom. The first-order valence-corrected chi connectivity index (χ1v) is 6.12. The summed E-state index contributed by atoms with van der Waals surface area (Å²) < 4.78 is 0. The van der Waals surface area contributed by atoms with E-state index in [9.17, 15) is 9.59 Å². The second-order valence-electron chi connectivity index (χ2n) is 4.74. The van der Waals surface area contributed by atoms with Crippen LogP contribution in [0, 0.1) is 5.92 Å². The van der Waals surface area contributed by atoms with Gasteiger partial charge in [0.2, 0.25) is 0 Å². The van der Waals surface area contributed by atoms with Crippen molar-refractivity contribution in [2.24, 2.45) is 5.92 Å². The number of urea groups is 1. The Morgan fingerprint density at radius 2 is 1.94 bits per heavy atom. The molecule has 0 aliphatic carbocycles. The summed E-state index contributed by atoms with van der Waals surface area (Å²) in [6.07, 6.45) is 2.38. The highest BCUT2D eigenvalue weighted by Crippen LogP contribution is 2.05. The molecule has 100 valence electrons. The van der Waals surface area contributed by atoms with Crippen molar-refractivity contribution in [2.75, 3.05) is 13.6 Å². The number of hydrogen-bond acceptors (Lipinski definition) is 2. The number of nitrogens with one attached hydrogen (secondary N) is 1. The lowest BCUT2D eigenvalue weighted by atomic mass is 10.0. The van der Waals surface area contributed by atoms with Crippen LogP contribution in [0.3, 0.4) is 0 Å². The number of rotatable bonds is 7. The number of amides is 2. The summed E-state index contributed by atoms with van der Waals surface area (Å²) in [5, 5.41) is 11.5. The third kappa shape index (κ3) is 6.81. The lowest BCUT2D eigenvalue weighted by Gasteiger charge is -2.22. The quantitative estimate of drug-likeness (QED) is 0.719. The standard InChI is InChI=1S/C12H24N2O3/c1-5-6-7-14(4)12(17)13-10(11(15)16)8-9(2)3/h9-10H,5-8H2,1-4H3,(H,13,17)(H,15,16)/t10-/m1/s1. The number of carboxylic acid groups (broad SMARTS) is 1. The maximum absolute atomic E-state index is 11.7. The van der Waals surface area contributed by atoms with Crippen LogP contribution in [0.5, 0.6) is 0 Å². The molecule has 0 bridgehead atoms. The van der Waals surface area contributed by atoms with Crippen LogP contribution >= 0.6 is 0 Å². The second-order valence-corrected chi connectivity index (χ2v) is 4.74. The van der Waals surface area contributed by atoms with Gasteiger partial charge >= 0.3 is 12.0 Å². The van der Waals surface area contributed by atoms with Crippen LogP contribution in [-0.4, -0.2) is 41.6 Å². The van der Waals surface area contributed by atoms with Crippen molar-refractivity contribution >= 4 is 12.0 Å². The molecule has 0 radical (unpaired) electrons. The number of aliphatic carboxylic acids is 1. The number of unbranched alkanes of at least 4 members (excludes halogenated alkanes) is 1. The van der Waals surface area contributed by atoms with Crippen LogP contribution in [0.15, 0.2) is 0 Å². The summed E-state index contributed by atoms with van der Waals surface area (Å²) in [7, 11) is 1.68. The number of carbonyl (C=O) groups is 2. The molecule has 0 aliphatic heterocycles. The number of hydrogen-bond donors (Lipinski definition) is 2. The van der Waals surface area contributed by atoms with E-state index in [2.05, 4.69) is 5.32 Å². The van der Waals surface area contributed by atoms with E-state index in [4.69, 9.17) is 5.11 Å². The van der Waals surface area contributed by atoms with Crippen LogP contribution in [0.25, 0.3) is 0 Å². The normalized spacial score (nSPS) is 12.3. The highest BCUT2D eigenvalue weighted by atomic mass is 16.4. The molecule has 0 unspecified atom stereocenters. The molecule has 1 atom stereocenters. The molecule has 0 saturated heterocycles. The van der Waals surface area contributed by atoms with Gasteiger partial charge in [0.1, 0.15) is 6.04 Å². The van der Waals surface area contributed by atoms with E-state index in [0.717, 1.165) is 12.8 Å². The monoisotopic (exact) mass is 244 g/mol. The molecular formula is C12H24N2O3. The number of nitrogens with zero attached hydrogens (tertiary/aromatic N) is 1. The minimum atomic E-state index is -0.976. The zero-order valence-electron chi connectivity index (χ0n) is 11.2. The van der Waals surface area contributed by atoms with E-state index >= 15 is 0 Å². The summed E-state index contributed by atoms with van der Waals surface area (Å²) in [6.45, 7) is 6.56. The van der Waals surface area contributed by atoms with E-state index in [1.165, 1.54) is 4.90 Å². The van der Waals surface area contributed by atoms with Gasteiger partial charge in [0.05, 0.1) is 0 Å². The summed E-state index contributed by atoms with van der Waals surface area (Å²) in [4.78, 5) is 24.2. The summed E-state index contributed by atoms with van der Waals surface area (Å²) in [6, 6.07) is -1.11. The molecule has 17 heavy (non-hydrogen) atoms. The van der Waals surface area contributed by atoms with Gasteiger partial charge in [-0.15, -0.1) is 0 Å². The Kier molecular flexibility index (Phi) is 7.34. The molecule has 2 N–H and O–H groups in total. The van der Waals surface area contributed by atoms with Crippen LogP contribution in [0.2, 0.25) is 0 Å². The predicted molar refractivity (Wildman–Crippen MR) is 66.9 cm³/mol. The lowest BCUT2D eigenvalue weighted by Crippen LogP contribution is -2.47. The molecule has 0 aromatic carbocycles. The van der Waals surface area contributed by atoms with E-state index in [1.807, 2.05) is 20.8 Å². The van der Waals surface area contributed by atoms with Crippen LogP contribution in [-0.2, 0) is 4.79 Å². The highest BCUT2D eigenvalue weighted by Gasteiger charge is 2.22. The first kappa shape index (κ1) is 15.7. The van der Waals surface area contributed by atoms with Crippen molar-refractivity contribution < 1.29 is 14.7 Å². The van der Waals surface area contributed by atoms with Crippen LogP contribution in [0.4, 0.5) is 4.79 Å². The molecule has 0 heterocycles. The third-order valence-corrected chi connectivity index (χ3v) is 2.50. The van der Waals surface area contributed by atoms with E-state index in [-0.39, 0.29) is 11.9 Å². The Balaban J connectivity index is 4.25. The van der Waals surface area contributed by atoms with Crippen LogP contribution < -0.4 is 5.32 Å². The fraction of sp³-hybridized carbons (Fsp3) is 0.833. The zero-order valence-corrected chi connectivity index (χ0v) is 11.2. The maximum Gasteiger partial charge on any atom is 0.326 e. The minimum absolute atomic E-state index is 0.234. The topological polar surface area (TPSA) is 69.6 Å². The number of carbonyl (C=O) groups excluding carboxylic acids is 1. The van der Waals surface area contributed by atoms with Crippen molar-refractivity contribution in [3.8, 4) is 0 Å². The average Bonchev–Trinajstić information content (AvgIpc) is 2.23. The van der Waals surface area contributed by atoms with E-state index in [1.54, 1.807) is 7.05 Å². The first-order chi connectivity index (χ1) is 7.88. The Bertz CT molecular complexity index is 254. The average molecular weight is 244 g/mol. The fourth-order valence-corrected chi connectivity index (χ4v) is 1.45. The van der Waals surface area contributed by atoms with Gasteiger partial charge in [-0.05, 0) is 18.8 Å². The van der Waals surface area contributed by atoms with Gasteiger partial charge in [-0.1, -0.05) is 27.2 Å². The Labute approximate surface area is 103 Å². The fourth-order valence-electron chi connectivity index (χ4n) is 1.45. The Hall–Kier alpha value is -1.26.